The van der Waals surface area contributed by atoms with Gasteiger partial charge in [0.25, 0.3) is 5.56 Å². The molecule has 3 heterocycles. The Kier molecular flexibility index (Phi) is 8.75. The minimum Gasteiger partial charge on any atom is -0.468 e. The number of benzene rings is 1. The van der Waals surface area contributed by atoms with Crippen LogP contribution in [0.3, 0.4) is 0 Å². The molecule has 1 aromatic heterocycles. The summed E-state index contributed by atoms with van der Waals surface area (Å²) in [5.74, 6) is -1.39. The highest BCUT2D eigenvalue weighted by molar-refractivity contribution is 5.76. The maximum atomic E-state index is 15.0. The van der Waals surface area contributed by atoms with Crippen LogP contribution in [0.15, 0.2) is 16.9 Å². The van der Waals surface area contributed by atoms with E-state index in [1.165, 1.54) is 13.2 Å². The number of aliphatic hydroxyl groups excluding tert-OH is 2. The van der Waals surface area contributed by atoms with Gasteiger partial charge in [-0.2, -0.15) is 4.98 Å². The number of hydrogen-bond donors (Lipinski definition) is 3. The topological polar surface area (TPSA) is 119 Å². The number of rotatable bonds is 5. The number of carbonyl (C=O) groups is 1. The fourth-order valence-corrected chi connectivity index (χ4v) is 5.31. The van der Waals surface area contributed by atoms with Crippen LogP contribution in [0, 0.1) is 11.6 Å². The number of aromatic amines is 1. The van der Waals surface area contributed by atoms with Gasteiger partial charge in [0.1, 0.15) is 24.0 Å². The highest BCUT2D eigenvalue weighted by Gasteiger charge is 2.27. The summed E-state index contributed by atoms with van der Waals surface area (Å²) in [6.07, 6.45) is 2.37. The Hall–Kier alpha value is -3.05. The van der Waals surface area contributed by atoms with Crippen LogP contribution in [0.4, 0.5) is 20.5 Å². The molecule has 0 bridgehead atoms. The Morgan fingerprint density at radius 2 is 1.97 bits per heavy atom. The molecule has 1 aromatic carbocycles. The molecule has 37 heavy (non-hydrogen) atoms. The predicted octanol–water partition coefficient (Wildman–Crippen LogP) is 2.03. The minimum atomic E-state index is -0.683. The van der Waals surface area contributed by atoms with Gasteiger partial charge < -0.3 is 24.7 Å². The van der Waals surface area contributed by atoms with E-state index in [1.807, 2.05) is 0 Å². The van der Waals surface area contributed by atoms with Gasteiger partial charge in [-0.25, -0.2) is 8.78 Å². The van der Waals surface area contributed by atoms with E-state index in [9.17, 15) is 24.2 Å². The number of anilines is 2. The first-order chi connectivity index (χ1) is 17.8. The van der Waals surface area contributed by atoms with Crippen molar-refractivity contribution in [3.63, 3.8) is 0 Å². The molecule has 0 fully saturated rings. The lowest BCUT2D eigenvalue weighted by atomic mass is 9.86. The Balaban J connectivity index is 1.70. The summed E-state index contributed by atoms with van der Waals surface area (Å²) in [6, 6.07) is 2.18. The Morgan fingerprint density at radius 1 is 1.16 bits per heavy atom. The summed E-state index contributed by atoms with van der Waals surface area (Å²) in [5, 5.41) is 20.2. The van der Waals surface area contributed by atoms with Crippen molar-refractivity contribution in [3.8, 4) is 0 Å². The number of ether oxygens (including phenoxy) is 1. The molecule has 202 valence electrons. The van der Waals surface area contributed by atoms with Crippen LogP contribution in [-0.4, -0.2) is 72.1 Å². The molecule has 0 saturated carbocycles. The fourth-order valence-electron chi connectivity index (χ4n) is 5.31. The Labute approximate surface area is 214 Å². The molecule has 2 aliphatic rings. The molecule has 0 radical (unpaired) electrons. The number of aliphatic hydroxyl groups is 2. The van der Waals surface area contributed by atoms with Crippen molar-refractivity contribution in [1.29, 1.82) is 0 Å². The van der Waals surface area contributed by atoms with Crippen LogP contribution in [0.2, 0.25) is 0 Å². The van der Waals surface area contributed by atoms with Gasteiger partial charge in [0.2, 0.25) is 5.95 Å². The molecular weight excluding hydrogens is 486 g/mol. The van der Waals surface area contributed by atoms with Gasteiger partial charge in [-0.05, 0) is 68.1 Å². The lowest BCUT2D eigenvalue weighted by Crippen LogP contribution is -2.40. The van der Waals surface area contributed by atoms with Gasteiger partial charge >= 0.3 is 5.97 Å². The van der Waals surface area contributed by atoms with E-state index >= 15 is 4.39 Å². The number of fused-ring (bicyclic) bond motifs is 2. The van der Waals surface area contributed by atoms with Crippen molar-refractivity contribution in [2.75, 3.05) is 49.7 Å². The maximum absolute atomic E-state index is 15.0. The van der Waals surface area contributed by atoms with Crippen molar-refractivity contribution in [2.45, 2.75) is 57.0 Å². The van der Waals surface area contributed by atoms with E-state index in [-0.39, 0.29) is 43.5 Å². The van der Waals surface area contributed by atoms with E-state index in [2.05, 4.69) is 4.98 Å². The van der Waals surface area contributed by atoms with Crippen molar-refractivity contribution in [3.05, 3.63) is 50.8 Å². The third-order valence-corrected chi connectivity index (χ3v) is 7.31. The number of nitrogens with one attached hydrogen (secondary N) is 1. The van der Waals surface area contributed by atoms with Gasteiger partial charge in [0.15, 0.2) is 0 Å². The van der Waals surface area contributed by atoms with Crippen molar-refractivity contribution >= 4 is 17.7 Å². The predicted molar refractivity (Wildman–Crippen MR) is 134 cm³/mol. The summed E-state index contributed by atoms with van der Waals surface area (Å²) in [4.78, 5) is 36.0. The second-order valence-corrected chi connectivity index (χ2v) is 9.71. The molecule has 0 amide bonds. The lowest BCUT2D eigenvalue weighted by molar-refractivity contribution is -0.139. The number of esters is 1. The van der Waals surface area contributed by atoms with Crippen LogP contribution in [-0.2, 0) is 22.4 Å². The molecule has 0 spiro atoms. The first-order valence-electron chi connectivity index (χ1n) is 12.8. The average molecular weight is 521 g/mol. The molecule has 2 aromatic rings. The van der Waals surface area contributed by atoms with Crippen molar-refractivity contribution < 1.29 is 28.5 Å². The molecule has 0 aliphatic carbocycles. The Bertz CT molecular complexity index is 1170. The average Bonchev–Trinajstić information content (AvgIpc) is 2.89. The number of hydrogen-bond acceptors (Lipinski definition) is 8. The number of nitrogens with zero attached hydrogens (tertiary/aromatic N) is 3. The summed E-state index contributed by atoms with van der Waals surface area (Å²) in [7, 11) is 1.30. The van der Waals surface area contributed by atoms with Gasteiger partial charge in [0, 0.05) is 32.3 Å². The van der Waals surface area contributed by atoms with Gasteiger partial charge in [-0.15, -0.1) is 0 Å². The number of aromatic nitrogens is 2. The van der Waals surface area contributed by atoms with E-state index in [1.54, 1.807) is 9.80 Å². The SMILES string of the molecule is COC(=O)CN1CCCc2c1nc(N1CCc3c(F)cc(F)cc3C(CCO)CCC(O)CC1)[nH]c2=O. The lowest BCUT2D eigenvalue weighted by Gasteiger charge is -2.31. The standard InChI is InChI=1S/C26H34F2N4O5/c1-37-23(35)15-32-9-2-3-20-24(32)29-26(30-25(20)36)31-10-6-18(34)5-4-16(8-12-33)21-13-17(27)14-22(28)19(21)7-11-31/h13-14,16,18,33-34H,2-12,15H2,1H3,(H,29,30,36). The smallest absolute Gasteiger partial charge is 0.325 e. The highest BCUT2D eigenvalue weighted by atomic mass is 19.1. The second-order valence-electron chi connectivity index (χ2n) is 9.71. The largest absolute Gasteiger partial charge is 0.468 e. The molecule has 2 unspecified atom stereocenters. The third kappa shape index (κ3) is 6.27. The van der Waals surface area contributed by atoms with E-state index < -0.39 is 23.7 Å². The number of carbonyl (C=O) groups excluding carboxylic acids is 1. The van der Waals surface area contributed by atoms with E-state index in [0.29, 0.717) is 74.1 Å². The van der Waals surface area contributed by atoms with Crippen LogP contribution < -0.4 is 15.4 Å². The molecule has 2 aliphatic heterocycles. The summed E-state index contributed by atoms with van der Waals surface area (Å²) < 4.78 is 34.0. The molecule has 0 saturated heterocycles. The zero-order valence-electron chi connectivity index (χ0n) is 21.0. The fraction of sp³-hybridized carbons (Fsp3) is 0.577. The maximum Gasteiger partial charge on any atom is 0.325 e. The molecule has 11 heteroatoms. The normalized spacial score (nSPS) is 20.6. The van der Waals surface area contributed by atoms with Crippen molar-refractivity contribution in [2.24, 2.45) is 0 Å². The zero-order valence-corrected chi connectivity index (χ0v) is 21.0. The summed E-state index contributed by atoms with van der Waals surface area (Å²) in [5.41, 5.74) is 1.04. The first kappa shape index (κ1) is 27.0. The highest BCUT2D eigenvalue weighted by Crippen LogP contribution is 2.32. The van der Waals surface area contributed by atoms with E-state index in [4.69, 9.17) is 9.72 Å². The Morgan fingerprint density at radius 3 is 2.73 bits per heavy atom. The van der Waals surface area contributed by atoms with E-state index in [0.717, 1.165) is 6.07 Å². The van der Waals surface area contributed by atoms with Gasteiger partial charge in [-0.3, -0.25) is 14.6 Å². The van der Waals surface area contributed by atoms with Crippen LogP contribution in [0.1, 0.15) is 54.7 Å². The van der Waals surface area contributed by atoms with Crippen LogP contribution in [0.5, 0.6) is 0 Å². The van der Waals surface area contributed by atoms with Gasteiger partial charge in [0.05, 0.1) is 18.8 Å². The van der Waals surface area contributed by atoms with Crippen LogP contribution >= 0.6 is 0 Å². The molecular formula is C26H34F2N4O5. The van der Waals surface area contributed by atoms with Crippen LogP contribution in [0.25, 0.3) is 0 Å². The molecule has 3 N–H and O–H groups in total. The quantitative estimate of drug-likeness (QED) is 0.513. The number of methoxy groups -OCH3 is 1. The number of halogens is 2. The summed E-state index contributed by atoms with van der Waals surface area (Å²) in [6.45, 7) is 0.990. The minimum absolute atomic E-state index is 0.0332. The van der Waals surface area contributed by atoms with Crippen molar-refractivity contribution in [1.82, 2.24) is 9.97 Å². The molecule has 4 rings (SSSR count). The van der Waals surface area contributed by atoms with Gasteiger partial charge in [-0.1, -0.05) is 0 Å². The zero-order chi connectivity index (χ0) is 26.5. The molecule has 2 atom stereocenters. The third-order valence-electron chi connectivity index (χ3n) is 7.31. The monoisotopic (exact) mass is 520 g/mol. The summed E-state index contributed by atoms with van der Waals surface area (Å²) >= 11 is 0. The first-order valence-corrected chi connectivity index (χ1v) is 12.8. The molecule has 9 nitrogen and oxygen atoms in total. The number of H-pyrrole nitrogens is 1. The second kappa shape index (κ2) is 12.0.